The summed E-state index contributed by atoms with van der Waals surface area (Å²) >= 11 is 0. The van der Waals surface area contributed by atoms with Gasteiger partial charge in [0.25, 0.3) is 10.0 Å². The molecular formula is C27H20NO7PS. The molecule has 1 aliphatic heterocycles. The van der Waals surface area contributed by atoms with E-state index in [9.17, 15) is 17.9 Å². The van der Waals surface area contributed by atoms with Gasteiger partial charge >= 0.3 is 7.82 Å². The van der Waals surface area contributed by atoms with Crippen LogP contribution >= 0.6 is 7.82 Å². The Hall–Kier alpha value is -4.04. The zero-order valence-electron chi connectivity index (χ0n) is 19.4. The number of benzene rings is 5. The predicted molar refractivity (Wildman–Crippen MR) is 142 cm³/mol. The van der Waals surface area contributed by atoms with E-state index in [2.05, 4.69) is 4.72 Å². The van der Waals surface area contributed by atoms with Crippen molar-refractivity contribution in [3.63, 3.8) is 0 Å². The van der Waals surface area contributed by atoms with E-state index in [-0.39, 0.29) is 22.1 Å². The van der Waals surface area contributed by atoms with Crippen molar-refractivity contribution < 1.29 is 31.7 Å². The Balaban J connectivity index is 1.63. The number of fused-ring (bicyclic) bond motifs is 7. The van der Waals surface area contributed by atoms with Gasteiger partial charge in [0.2, 0.25) is 0 Å². The molecule has 0 bridgehead atoms. The lowest BCUT2D eigenvalue weighted by Crippen LogP contribution is -2.13. The van der Waals surface area contributed by atoms with Gasteiger partial charge in [-0.15, -0.1) is 0 Å². The zero-order chi connectivity index (χ0) is 25.8. The Morgan fingerprint density at radius 1 is 0.838 bits per heavy atom. The number of phosphoric acid groups is 1. The summed E-state index contributed by atoms with van der Waals surface area (Å²) in [5.41, 5.74) is 1.22. The number of nitrogens with one attached hydrogen (secondary N) is 1. The molecule has 0 radical (unpaired) electrons. The quantitative estimate of drug-likeness (QED) is 0.259. The minimum Gasteiger partial charge on any atom is -0.497 e. The smallest absolute Gasteiger partial charge is 0.497 e. The van der Waals surface area contributed by atoms with Gasteiger partial charge in [-0.25, -0.2) is 13.0 Å². The Bertz CT molecular complexity index is 1850. The number of anilines is 1. The van der Waals surface area contributed by atoms with E-state index in [0.29, 0.717) is 27.6 Å². The molecule has 5 aromatic rings. The minimum atomic E-state index is -4.54. The number of hydrogen-bond acceptors (Lipinski definition) is 6. The first-order chi connectivity index (χ1) is 17.8. The molecule has 10 heteroatoms. The summed E-state index contributed by atoms with van der Waals surface area (Å²) in [6.45, 7) is 0. The van der Waals surface area contributed by atoms with E-state index in [0.717, 1.165) is 10.8 Å². The summed E-state index contributed by atoms with van der Waals surface area (Å²) in [5, 5.41) is 2.57. The molecule has 1 atom stereocenters. The van der Waals surface area contributed by atoms with Crippen molar-refractivity contribution in [3.05, 3.63) is 91.0 Å². The third kappa shape index (κ3) is 4.07. The lowest BCUT2D eigenvalue weighted by atomic mass is 9.93. The van der Waals surface area contributed by atoms with E-state index in [1.165, 1.54) is 19.2 Å². The second-order valence-corrected chi connectivity index (χ2v) is 11.4. The second kappa shape index (κ2) is 8.52. The molecule has 0 saturated carbocycles. The number of hydrogen-bond donors (Lipinski definition) is 2. The molecule has 0 aliphatic carbocycles. The number of rotatable bonds is 4. The highest BCUT2D eigenvalue weighted by atomic mass is 32.2. The summed E-state index contributed by atoms with van der Waals surface area (Å²) < 4.78 is 58.5. The van der Waals surface area contributed by atoms with Gasteiger partial charge in [-0.3, -0.25) is 9.62 Å². The fraction of sp³-hybridized carbons (Fsp3) is 0.0370. The monoisotopic (exact) mass is 533 g/mol. The number of sulfonamides is 1. The topological polar surface area (TPSA) is 111 Å². The van der Waals surface area contributed by atoms with Gasteiger partial charge in [-0.05, 0) is 47.2 Å². The fourth-order valence-electron chi connectivity index (χ4n) is 4.54. The summed E-state index contributed by atoms with van der Waals surface area (Å²) in [5.74, 6) is 0.815. The largest absolute Gasteiger partial charge is 0.584 e. The maximum atomic E-state index is 13.3. The first-order valence-electron chi connectivity index (χ1n) is 11.2. The first kappa shape index (κ1) is 23.4. The normalized spacial score (nSPS) is 16.7. The average molecular weight is 533 g/mol. The highest BCUT2D eigenvalue weighted by molar-refractivity contribution is 7.92. The molecule has 0 aromatic heterocycles. The van der Waals surface area contributed by atoms with Crippen molar-refractivity contribution in [1.29, 1.82) is 0 Å². The van der Waals surface area contributed by atoms with Crippen LogP contribution in [0.15, 0.2) is 95.9 Å². The van der Waals surface area contributed by atoms with Crippen LogP contribution < -0.4 is 18.5 Å². The number of methoxy groups -OCH3 is 1. The third-order valence-electron chi connectivity index (χ3n) is 6.19. The summed E-state index contributed by atoms with van der Waals surface area (Å²) in [6.07, 6.45) is 0. The molecule has 0 saturated heterocycles. The maximum Gasteiger partial charge on any atom is 0.584 e. The van der Waals surface area contributed by atoms with Gasteiger partial charge in [0.1, 0.15) is 17.2 Å². The fourth-order valence-corrected chi connectivity index (χ4v) is 6.48. The highest BCUT2D eigenvalue weighted by Gasteiger charge is 2.35. The van der Waals surface area contributed by atoms with Crippen molar-refractivity contribution in [2.75, 3.05) is 11.8 Å². The average Bonchev–Trinajstić information content (AvgIpc) is 3.01. The lowest BCUT2D eigenvalue weighted by molar-refractivity contribution is 0.295. The highest BCUT2D eigenvalue weighted by Crippen LogP contribution is 2.57. The molecule has 0 amide bonds. The Labute approximate surface area is 212 Å². The molecule has 0 spiro atoms. The predicted octanol–water partition coefficient (Wildman–Crippen LogP) is 6.34. The second-order valence-electron chi connectivity index (χ2n) is 8.44. The summed E-state index contributed by atoms with van der Waals surface area (Å²) in [4.78, 5) is 10.6. The standard InChI is InChI=1S/C27H20NO7PS/c1-33-18-11-13-19(14-12-18)37(31,32)28-24-16-23-26-20-7-3-2-6-17(20)10-15-25(26)34-36(29,30)35-27(23)22-9-5-4-8-21(22)24/h2-16,28H,1H3,(H,29,30). The van der Waals surface area contributed by atoms with Crippen molar-refractivity contribution >= 4 is 45.1 Å². The van der Waals surface area contributed by atoms with Gasteiger partial charge in [-0.2, -0.15) is 0 Å². The van der Waals surface area contributed by atoms with Crippen molar-refractivity contribution in [2.45, 2.75) is 4.90 Å². The van der Waals surface area contributed by atoms with Crippen LogP contribution in [0.3, 0.4) is 0 Å². The Kier molecular flexibility index (Phi) is 5.38. The first-order valence-corrected chi connectivity index (χ1v) is 14.2. The van der Waals surface area contributed by atoms with E-state index in [4.69, 9.17) is 13.8 Å². The van der Waals surface area contributed by atoms with Crippen LogP contribution in [0.25, 0.3) is 32.7 Å². The van der Waals surface area contributed by atoms with E-state index < -0.39 is 17.8 Å². The molecule has 1 aliphatic rings. The minimum absolute atomic E-state index is 0.0533. The van der Waals surface area contributed by atoms with Gasteiger partial charge in [-0.1, -0.05) is 54.6 Å². The lowest BCUT2D eigenvalue weighted by Gasteiger charge is -2.17. The van der Waals surface area contributed by atoms with E-state index in [1.54, 1.807) is 54.6 Å². The van der Waals surface area contributed by atoms with Crippen LogP contribution in [0, 0.1) is 0 Å². The third-order valence-corrected chi connectivity index (χ3v) is 8.41. The molecular weight excluding hydrogens is 513 g/mol. The molecule has 6 rings (SSSR count). The molecule has 1 heterocycles. The molecule has 37 heavy (non-hydrogen) atoms. The van der Waals surface area contributed by atoms with Crippen LogP contribution in [-0.2, 0) is 14.6 Å². The zero-order valence-corrected chi connectivity index (χ0v) is 21.1. The Morgan fingerprint density at radius 2 is 1.51 bits per heavy atom. The van der Waals surface area contributed by atoms with Gasteiger partial charge < -0.3 is 13.8 Å². The molecule has 2 N–H and O–H groups in total. The molecule has 186 valence electrons. The molecule has 8 nitrogen and oxygen atoms in total. The van der Waals surface area contributed by atoms with Crippen molar-refractivity contribution in [3.8, 4) is 28.4 Å². The van der Waals surface area contributed by atoms with Crippen LogP contribution in [-0.4, -0.2) is 20.4 Å². The van der Waals surface area contributed by atoms with Gasteiger partial charge in [0.15, 0.2) is 0 Å². The van der Waals surface area contributed by atoms with E-state index >= 15 is 0 Å². The Morgan fingerprint density at radius 3 is 2.24 bits per heavy atom. The van der Waals surface area contributed by atoms with Crippen LogP contribution in [0.5, 0.6) is 17.2 Å². The SMILES string of the molecule is COc1ccc(S(=O)(=O)Nc2cc3c(c4ccccc24)OP(=O)(O)Oc2ccc4ccccc4c2-3)cc1. The van der Waals surface area contributed by atoms with Crippen LogP contribution in [0.4, 0.5) is 5.69 Å². The summed E-state index contributed by atoms with van der Waals surface area (Å²) in [7, 11) is -7.03. The van der Waals surface area contributed by atoms with E-state index in [1.807, 2.05) is 24.3 Å². The molecule has 1 unspecified atom stereocenters. The number of phosphoric ester groups is 1. The van der Waals surface area contributed by atoms with Gasteiger partial charge in [0, 0.05) is 21.9 Å². The molecule has 5 aromatic carbocycles. The summed E-state index contributed by atoms with van der Waals surface area (Å²) in [6, 6.07) is 25.4. The van der Waals surface area contributed by atoms with Gasteiger partial charge in [0.05, 0.1) is 17.7 Å². The van der Waals surface area contributed by atoms with Crippen LogP contribution in [0.1, 0.15) is 0 Å². The van der Waals surface area contributed by atoms with Crippen molar-refractivity contribution in [1.82, 2.24) is 0 Å². The maximum absolute atomic E-state index is 13.3. The van der Waals surface area contributed by atoms with Crippen LogP contribution in [0.2, 0.25) is 0 Å². The van der Waals surface area contributed by atoms with Crippen molar-refractivity contribution in [2.24, 2.45) is 0 Å². The molecule has 0 fully saturated rings. The number of ether oxygens (including phenoxy) is 1.